The summed E-state index contributed by atoms with van der Waals surface area (Å²) in [6.45, 7) is 8.01. The predicted octanol–water partition coefficient (Wildman–Crippen LogP) is 4.97. The van der Waals surface area contributed by atoms with Gasteiger partial charge in [0.25, 0.3) is 0 Å². The van der Waals surface area contributed by atoms with Crippen molar-refractivity contribution in [3.05, 3.63) is 121 Å². The molecule has 11 heteroatoms. The molecule has 4 N–H and O–H groups in total. The molecular weight excluding hydrogens is 650 g/mol. The van der Waals surface area contributed by atoms with Gasteiger partial charge in [-0.3, -0.25) is 9.59 Å². The van der Waals surface area contributed by atoms with Crippen molar-refractivity contribution in [1.29, 1.82) is 0 Å². The summed E-state index contributed by atoms with van der Waals surface area (Å²) < 4.78 is 16.8. The number of ether oxygens (including phenoxy) is 3. The van der Waals surface area contributed by atoms with Crippen LogP contribution in [0.4, 0.5) is 4.79 Å². The summed E-state index contributed by atoms with van der Waals surface area (Å²) in [5.74, 6) is -2.28. The zero-order valence-corrected chi connectivity index (χ0v) is 28.8. The Bertz CT molecular complexity index is 1580. The average molecular weight is 698 g/mol. The highest BCUT2D eigenvalue weighted by Crippen LogP contribution is 2.44. The fourth-order valence-corrected chi connectivity index (χ4v) is 5.98. The Labute approximate surface area is 299 Å². The number of hydrogen-bond acceptors (Lipinski definition) is 8. The van der Waals surface area contributed by atoms with E-state index in [4.69, 9.17) is 19.3 Å². The smallest absolute Gasteiger partial charge is 0.407 e. The van der Waals surface area contributed by atoms with E-state index in [1.165, 1.54) is 0 Å². The van der Waals surface area contributed by atoms with Gasteiger partial charge in [0.1, 0.15) is 18.8 Å². The first-order valence-corrected chi connectivity index (χ1v) is 17.2. The third kappa shape index (κ3) is 11.4. The number of allylic oxidation sites excluding steroid dienone is 2. The van der Waals surface area contributed by atoms with Crippen molar-refractivity contribution in [3.8, 4) is 11.1 Å². The molecular formula is C40H47N3O8. The fourth-order valence-electron chi connectivity index (χ4n) is 5.98. The van der Waals surface area contributed by atoms with Crippen molar-refractivity contribution >= 4 is 23.9 Å². The summed E-state index contributed by atoms with van der Waals surface area (Å²) in [5, 5.41) is 17.0. The van der Waals surface area contributed by atoms with Crippen LogP contribution >= 0.6 is 0 Å². The summed E-state index contributed by atoms with van der Waals surface area (Å²) in [6, 6.07) is 23.9. The molecule has 0 aliphatic heterocycles. The second-order valence-electron chi connectivity index (χ2n) is 12.1. The van der Waals surface area contributed by atoms with Crippen molar-refractivity contribution in [1.82, 2.24) is 16.0 Å². The Hall–Kier alpha value is -5.26. The van der Waals surface area contributed by atoms with Crippen molar-refractivity contribution in [2.45, 2.75) is 43.7 Å². The predicted molar refractivity (Wildman–Crippen MR) is 194 cm³/mol. The molecule has 3 amide bonds. The first kappa shape index (κ1) is 38.5. The van der Waals surface area contributed by atoms with Crippen LogP contribution in [0.2, 0.25) is 0 Å². The van der Waals surface area contributed by atoms with Crippen molar-refractivity contribution in [2.24, 2.45) is 5.92 Å². The van der Waals surface area contributed by atoms with Gasteiger partial charge in [-0.05, 0) is 47.1 Å². The van der Waals surface area contributed by atoms with E-state index in [0.29, 0.717) is 12.0 Å². The van der Waals surface area contributed by atoms with E-state index in [0.717, 1.165) is 22.3 Å². The lowest BCUT2D eigenvalue weighted by atomic mass is 9.98. The van der Waals surface area contributed by atoms with Gasteiger partial charge in [-0.1, -0.05) is 91.0 Å². The molecule has 1 aliphatic carbocycles. The number of esters is 1. The number of hydrogen-bond donors (Lipinski definition) is 4. The minimum absolute atomic E-state index is 0.0715. The molecule has 3 aromatic carbocycles. The Morgan fingerprint density at radius 1 is 0.843 bits per heavy atom. The lowest BCUT2D eigenvalue weighted by molar-refractivity contribution is -0.152. The molecule has 0 spiro atoms. The Morgan fingerprint density at radius 3 is 2.16 bits per heavy atom. The molecule has 11 nitrogen and oxygen atoms in total. The number of rotatable bonds is 21. The second-order valence-corrected chi connectivity index (χ2v) is 12.1. The minimum Gasteiger partial charge on any atom is -0.454 e. The largest absolute Gasteiger partial charge is 0.454 e. The molecule has 0 fully saturated rings. The van der Waals surface area contributed by atoms with Crippen molar-refractivity contribution in [2.75, 3.05) is 39.5 Å². The van der Waals surface area contributed by atoms with E-state index in [2.05, 4.69) is 41.2 Å². The van der Waals surface area contributed by atoms with E-state index < -0.39 is 36.0 Å². The van der Waals surface area contributed by atoms with E-state index in [9.17, 15) is 19.2 Å². The van der Waals surface area contributed by atoms with E-state index in [1.54, 1.807) is 36.4 Å². The van der Waals surface area contributed by atoms with Gasteiger partial charge < -0.3 is 35.3 Å². The minimum atomic E-state index is -1.04. The lowest BCUT2D eigenvalue weighted by Gasteiger charge is -2.24. The van der Waals surface area contributed by atoms with Crippen LogP contribution in [0, 0.1) is 5.92 Å². The molecule has 270 valence electrons. The van der Waals surface area contributed by atoms with Gasteiger partial charge >= 0.3 is 12.1 Å². The van der Waals surface area contributed by atoms with Gasteiger partial charge in [-0.15, -0.1) is 13.2 Å². The van der Waals surface area contributed by atoms with Crippen LogP contribution in [0.5, 0.6) is 0 Å². The number of nitrogens with one attached hydrogen (secondary N) is 3. The SMILES string of the molecule is C=CCC[C@H](NC(=O)OCC1c2ccccc2-c2ccccc21)C(=O)O[C@H](CNC(=O)[C@H](CC=C)CC(=O)NCCOCCO)c1ccccc1. The van der Waals surface area contributed by atoms with Crippen LogP contribution in [0.25, 0.3) is 11.1 Å². The number of fused-ring (bicyclic) bond motifs is 3. The summed E-state index contributed by atoms with van der Waals surface area (Å²) in [5.41, 5.74) is 4.99. The highest BCUT2D eigenvalue weighted by Gasteiger charge is 2.31. The van der Waals surface area contributed by atoms with Gasteiger partial charge in [0, 0.05) is 18.9 Å². The zero-order chi connectivity index (χ0) is 36.4. The van der Waals surface area contributed by atoms with Crippen LogP contribution in [-0.4, -0.2) is 74.5 Å². The number of carbonyl (C=O) groups is 4. The molecule has 0 aromatic heterocycles. The van der Waals surface area contributed by atoms with Crippen molar-refractivity contribution < 1.29 is 38.5 Å². The third-order valence-corrected chi connectivity index (χ3v) is 8.53. The van der Waals surface area contributed by atoms with Gasteiger partial charge in [0.2, 0.25) is 11.8 Å². The Balaban J connectivity index is 1.38. The van der Waals surface area contributed by atoms with Gasteiger partial charge in [-0.2, -0.15) is 0 Å². The van der Waals surface area contributed by atoms with Crippen LogP contribution < -0.4 is 16.0 Å². The second kappa shape index (κ2) is 20.4. The maximum absolute atomic E-state index is 13.6. The average Bonchev–Trinajstić information content (AvgIpc) is 3.47. The van der Waals surface area contributed by atoms with Gasteiger partial charge in [0.15, 0.2) is 0 Å². The number of aliphatic hydroxyl groups is 1. The summed E-state index contributed by atoms with van der Waals surface area (Å²) >= 11 is 0. The molecule has 0 bridgehead atoms. The van der Waals surface area contributed by atoms with E-state index in [-0.39, 0.29) is 70.6 Å². The Morgan fingerprint density at radius 2 is 1.51 bits per heavy atom. The van der Waals surface area contributed by atoms with Gasteiger partial charge in [0.05, 0.1) is 32.3 Å². The monoisotopic (exact) mass is 697 g/mol. The maximum atomic E-state index is 13.6. The molecule has 0 saturated heterocycles. The summed E-state index contributed by atoms with van der Waals surface area (Å²) in [4.78, 5) is 52.5. The number of benzene rings is 3. The first-order chi connectivity index (χ1) is 24.9. The molecule has 3 aromatic rings. The molecule has 0 radical (unpaired) electrons. The summed E-state index contributed by atoms with van der Waals surface area (Å²) in [7, 11) is 0. The molecule has 0 heterocycles. The van der Waals surface area contributed by atoms with Gasteiger partial charge in [-0.25, -0.2) is 9.59 Å². The first-order valence-electron chi connectivity index (χ1n) is 17.2. The molecule has 0 unspecified atom stereocenters. The molecule has 3 atom stereocenters. The van der Waals surface area contributed by atoms with Crippen LogP contribution in [0.3, 0.4) is 0 Å². The summed E-state index contributed by atoms with van der Waals surface area (Å²) in [6.07, 6.45) is 2.39. The zero-order valence-electron chi connectivity index (χ0n) is 28.8. The van der Waals surface area contributed by atoms with Crippen LogP contribution in [0.15, 0.2) is 104 Å². The fraction of sp³-hybridized carbons (Fsp3) is 0.350. The van der Waals surface area contributed by atoms with Crippen molar-refractivity contribution in [3.63, 3.8) is 0 Å². The Kier molecular flexibility index (Phi) is 15.4. The molecule has 0 saturated carbocycles. The standard InChI is InChI=1S/C40H47N3O8/c1-3-5-20-35(43-40(48)50-27-34-32-18-11-9-16-30(32)31-17-10-12-19-33(31)34)39(47)51-36(28-14-7-6-8-15-28)26-42-38(46)29(13-4-2)25-37(45)41-21-23-49-24-22-44/h3-4,6-12,14-19,29,34-36,44H,1-2,5,13,20-27H2,(H,41,45)(H,42,46)(H,43,48)/t29-,35+,36-/m1/s1. The van der Waals surface area contributed by atoms with E-state index in [1.807, 2.05) is 42.5 Å². The molecule has 51 heavy (non-hydrogen) atoms. The van der Waals surface area contributed by atoms with Crippen LogP contribution in [0.1, 0.15) is 54.4 Å². The van der Waals surface area contributed by atoms with Crippen LogP contribution in [-0.2, 0) is 28.6 Å². The normalized spacial score (nSPS) is 13.4. The highest BCUT2D eigenvalue weighted by molar-refractivity contribution is 5.86. The third-order valence-electron chi connectivity index (χ3n) is 8.53. The number of carbonyl (C=O) groups excluding carboxylic acids is 4. The molecule has 4 rings (SSSR count). The van der Waals surface area contributed by atoms with E-state index >= 15 is 0 Å². The topological polar surface area (TPSA) is 152 Å². The highest BCUT2D eigenvalue weighted by atomic mass is 16.6. The lowest BCUT2D eigenvalue weighted by Crippen LogP contribution is -2.44. The maximum Gasteiger partial charge on any atom is 0.407 e. The number of amides is 3. The molecule has 1 aliphatic rings. The quantitative estimate of drug-likeness (QED) is 0.0692. The number of alkyl carbamates (subject to hydrolysis) is 1. The number of aliphatic hydroxyl groups excluding tert-OH is 1.